The Morgan fingerprint density at radius 2 is 1.81 bits per heavy atom. The molecule has 2 aliphatic heterocycles. The predicted molar refractivity (Wildman–Crippen MR) is 106 cm³/mol. The molecule has 2 fully saturated rings. The molecule has 2 aliphatic rings. The molecule has 0 aliphatic carbocycles. The van der Waals surface area contributed by atoms with E-state index in [0.717, 1.165) is 32.6 Å². The highest BCUT2D eigenvalue weighted by Crippen LogP contribution is 2.30. The van der Waals surface area contributed by atoms with Crippen LogP contribution < -0.4 is 0 Å². The number of aromatic amines is 1. The van der Waals surface area contributed by atoms with Crippen molar-refractivity contribution in [1.82, 2.24) is 14.8 Å². The minimum Gasteiger partial charge on any atom is -0.358 e. The first kappa shape index (κ1) is 18.0. The summed E-state index contributed by atoms with van der Waals surface area (Å²) in [6.45, 7) is 10.1. The van der Waals surface area contributed by atoms with Crippen LogP contribution in [0.5, 0.6) is 0 Å². The maximum atomic E-state index is 12.3. The predicted octanol–water partition coefficient (Wildman–Crippen LogP) is 2.48. The van der Waals surface area contributed by atoms with Gasteiger partial charge < -0.3 is 4.98 Å². The lowest BCUT2D eigenvalue weighted by molar-refractivity contribution is 0.0408. The van der Waals surface area contributed by atoms with Crippen molar-refractivity contribution in [2.24, 2.45) is 0 Å². The highest BCUT2D eigenvalue weighted by molar-refractivity contribution is 7.91. The Labute approximate surface area is 156 Å². The fourth-order valence-electron chi connectivity index (χ4n) is 4.75. The lowest BCUT2D eigenvalue weighted by Crippen LogP contribution is -2.58. The number of nitrogens with one attached hydrogen (secondary N) is 1. The van der Waals surface area contributed by atoms with Gasteiger partial charge in [-0.25, -0.2) is 8.42 Å². The fraction of sp³-hybridized carbons (Fsp3) is 0.600. The van der Waals surface area contributed by atoms with Crippen LogP contribution in [-0.4, -0.2) is 66.4 Å². The van der Waals surface area contributed by atoms with E-state index < -0.39 is 9.84 Å². The van der Waals surface area contributed by atoms with E-state index in [9.17, 15) is 8.42 Å². The van der Waals surface area contributed by atoms with Crippen LogP contribution in [0.1, 0.15) is 30.2 Å². The zero-order valence-corrected chi connectivity index (χ0v) is 16.8. The molecule has 2 atom stereocenters. The number of nitrogens with zero attached hydrogens (tertiary/aromatic N) is 2. The average molecular weight is 376 g/mol. The first-order valence-corrected chi connectivity index (χ1v) is 11.5. The molecular formula is C20H29N3O2S. The quantitative estimate of drug-likeness (QED) is 0.892. The largest absolute Gasteiger partial charge is 0.358 e. The minimum atomic E-state index is -2.94. The van der Waals surface area contributed by atoms with Gasteiger partial charge in [0, 0.05) is 42.8 Å². The Balaban J connectivity index is 1.64. The summed E-state index contributed by atoms with van der Waals surface area (Å²) >= 11 is 0. The number of benzene rings is 1. The van der Waals surface area contributed by atoms with E-state index in [1.807, 2.05) is 0 Å². The monoisotopic (exact) mass is 375 g/mol. The van der Waals surface area contributed by atoms with E-state index in [-0.39, 0.29) is 12.1 Å². The van der Waals surface area contributed by atoms with Gasteiger partial charge in [0.05, 0.1) is 17.0 Å². The Morgan fingerprint density at radius 3 is 2.54 bits per heavy atom. The summed E-state index contributed by atoms with van der Waals surface area (Å²) in [5, 5.41) is 1.28. The summed E-state index contributed by atoms with van der Waals surface area (Å²) < 4.78 is 24.7. The van der Waals surface area contributed by atoms with Gasteiger partial charge in [-0.1, -0.05) is 25.1 Å². The Bertz CT molecular complexity index is 919. The van der Waals surface area contributed by atoms with E-state index >= 15 is 0 Å². The van der Waals surface area contributed by atoms with Gasteiger partial charge in [-0.2, -0.15) is 0 Å². The van der Waals surface area contributed by atoms with Gasteiger partial charge in [-0.05, 0) is 37.9 Å². The molecule has 1 N–H and O–H groups in total. The summed E-state index contributed by atoms with van der Waals surface area (Å²) in [7, 11) is -2.94. The van der Waals surface area contributed by atoms with Crippen LogP contribution in [-0.2, 0) is 16.4 Å². The summed E-state index contributed by atoms with van der Waals surface area (Å²) in [4.78, 5) is 8.34. The molecule has 1 aromatic carbocycles. The van der Waals surface area contributed by atoms with Gasteiger partial charge in [0.25, 0.3) is 0 Å². The van der Waals surface area contributed by atoms with E-state index in [4.69, 9.17) is 0 Å². The van der Waals surface area contributed by atoms with Crippen LogP contribution in [0.25, 0.3) is 10.9 Å². The van der Waals surface area contributed by atoms with Crippen molar-refractivity contribution in [3.8, 4) is 0 Å². The number of H-pyrrole nitrogens is 1. The summed E-state index contributed by atoms with van der Waals surface area (Å²) in [5.41, 5.74) is 4.99. The number of sulfone groups is 1. The first-order valence-electron chi connectivity index (χ1n) is 9.65. The second-order valence-electron chi connectivity index (χ2n) is 7.93. The number of hydrogen-bond acceptors (Lipinski definition) is 4. The molecule has 0 spiro atoms. The molecule has 142 valence electrons. The third kappa shape index (κ3) is 3.08. The van der Waals surface area contributed by atoms with Gasteiger partial charge in [0.2, 0.25) is 0 Å². The SMILES string of the molecule is CCCN1CCN(Cc2cccc3c(C)c(C)[nH]c23)[C@@H]2CS(=O)(=O)C[C@@H]21. The van der Waals surface area contributed by atoms with Crippen LogP contribution in [0, 0.1) is 13.8 Å². The van der Waals surface area contributed by atoms with Crippen molar-refractivity contribution in [2.45, 2.75) is 45.8 Å². The number of aromatic nitrogens is 1. The van der Waals surface area contributed by atoms with E-state index in [0.29, 0.717) is 11.5 Å². The van der Waals surface area contributed by atoms with Gasteiger partial charge in [-0.15, -0.1) is 0 Å². The van der Waals surface area contributed by atoms with Crippen molar-refractivity contribution >= 4 is 20.7 Å². The van der Waals surface area contributed by atoms with E-state index in [2.05, 4.69) is 53.8 Å². The molecule has 26 heavy (non-hydrogen) atoms. The molecule has 4 rings (SSSR count). The van der Waals surface area contributed by atoms with Gasteiger partial charge >= 0.3 is 0 Å². The second kappa shape index (κ2) is 6.66. The number of rotatable bonds is 4. The molecule has 6 heteroatoms. The molecule has 0 radical (unpaired) electrons. The summed E-state index contributed by atoms with van der Waals surface area (Å²) in [5.74, 6) is 0.621. The number of piperazine rings is 1. The Hall–Kier alpha value is -1.37. The Morgan fingerprint density at radius 1 is 1.12 bits per heavy atom. The van der Waals surface area contributed by atoms with Gasteiger partial charge in [0.1, 0.15) is 0 Å². The zero-order chi connectivity index (χ0) is 18.5. The molecule has 2 aromatic rings. The maximum Gasteiger partial charge on any atom is 0.153 e. The van der Waals surface area contributed by atoms with Crippen molar-refractivity contribution in [3.05, 3.63) is 35.0 Å². The van der Waals surface area contributed by atoms with Crippen LogP contribution in [0.4, 0.5) is 0 Å². The molecule has 0 amide bonds. The second-order valence-corrected chi connectivity index (χ2v) is 10.1. The molecule has 1 aromatic heterocycles. The van der Waals surface area contributed by atoms with Crippen molar-refractivity contribution in [1.29, 1.82) is 0 Å². The maximum absolute atomic E-state index is 12.3. The molecule has 0 unspecified atom stereocenters. The topological polar surface area (TPSA) is 56.4 Å². The lowest BCUT2D eigenvalue weighted by Gasteiger charge is -2.44. The van der Waals surface area contributed by atoms with Crippen LogP contribution in [0.3, 0.4) is 0 Å². The van der Waals surface area contributed by atoms with Gasteiger partial charge in [-0.3, -0.25) is 9.80 Å². The number of para-hydroxylation sites is 1. The molecule has 2 saturated heterocycles. The minimum absolute atomic E-state index is 0.118. The van der Waals surface area contributed by atoms with Gasteiger partial charge in [0.15, 0.2) is 9.84 Å². The fourth-order valence-corrected chi connectivity index (χ4v) is 6.79. The summed E-state index contributed by atoms with van der Waals surface area (Å²) in [6.07, 6.45) is 1.07. The van der Waals surface area contributed by atoms with Crippen LogP contribution >= 0.6 is 0 Å². The number of fused-ring (bicyclic) bond motifs is 2. The number of hydrogen-bond donors (Lipinski definition) is 1. The number of aryl methyl sites for hydroxylation is 2. The van der Waals surface area contributed by atoms with Crippen LogP contribution in [0.15, 0.2) is 18.2 Å². The van der Waals surface area contributed by atoms with Crippen LogP contribution in [0.2, 0.25) is 0 Å². The molecule has 3 heterocycles. The molecular weight excluding hydrogens is 346 g/mol. The normalized spacial score (nSPS) is 26.4. The summed E-state index contributed by atoms with van der Waals surface area (Å²) in [6, 6.07) is 6.73. The zero-order valence-electron chi connectivity index (χ0n) is 16.0. The molecule has 0 saturated carbocycles. The van der Waals surface area contributed by atoms with Crippen molar-refractivity contribution < 1.29 is 8.42 Å². The average Bonchev–Trinajstić information content (AvgIpc) is 3.07. The Kier molecular flexibility index (Phi) is 4.61. The highest BCUT2D eigenvalue weighted by atomic mass is 32.2. The smallest absolute Gasteiger partial charge is 0.153 e. The standard InChI is InChI=1S/C20H29N3O2S/c1-4-8-22-9-10-23(19-13-26(24,25)12-18(19)22)11-16-6-5-7-17-14(2)15(3)21-20(16)17/h5-7,18-19,21H,4,8-13H2,1-3H3/t18-,19+/m0/s1. The molecule has 0 bridgehead atoms. The van der Waals surface area contributed by atoms with Crippen molar-refractivity contribution in [3.63, 3.8) is 0 Å². The highest BCUT2D eigenvalue weighted by Gasteiger charge is 2.46. The van der Waals surface area contributed by atoms with Crippen molar-refractivity contribution in [2.75, 3.05) is 31.1 Å². The molecule has 5 nitrogen and oxygen atoms in total. The first-order chi connectivity index (χ1) is 12.4. The third-order valence-corrected chi connectivity index (χ3v) is 7.92. The van der Waals surface area contributed by atoms with E-state index in [1.165, 1.54) is 27.7 Å². The third-order valence-electron chi connectivity index (χ3n) is 6.22. The van der Waals surface area contributed by atoms with E-state index in [1.54, 1.807) is 0 Å². The lowest BCUT2D eigenvalue weighted by atomic mass is 10.0.